The summed E-state index contributed by atoms with van der Waals surface area (Å²) in [6.07, 6.45) is 7.45. The van der Waals surface area contributed by atoms with E-state index in [1.807, 2.05) is 18.7 Å². The monoisotopic (exact) mass is 497 g/mol. The molecule has 4 rings (SSSR count). The van der Waals surface area contributed by atoms with Crippen LogP contribution in [-0.4, -0.2) is 78.4 Å². The molecule has 3 fully saturated rings. The number of carbonyl (C=O) groups is 3. The van der Waals surface area contributed by atoms with Crippen LogP contribution in [0.3, 0.4) is 0 Å². The quantitative estimate of drug-likeness (QED) is 0.548. The van der Waals surface area contributed by atoms with Gasteiger partial charge in [-0.2, -0.15) is 0 Å². The van der Waals surface area contributed by atoms with Crippen molar-refractivity contribution in [2.45, 2.75) is 69.9 Å². The lowest BCUT2D eigenvalue weighted by molar-refractivity contribution is -0.131. The molecule has 1 spiro atoms. The van der Waals surface area contributed by atoms with Crippen LogP contribution in [0.25, 0.3) is 0 Å². The van der Waals surface area contributed by atoms with Gasteiger partial charge in [-0.1, -0.05) is 36.8 Å². The van der Waals surface area contributed by atoms with Crippen molar-refractivity contribution >= 4 is 17.8 Å². The molecule has 0 aromatic heterocycles. The number of rotatable bonds is 9. The van der Waals surface area contributed by atoms with Gasteiger partial charge in [-0.3, -0.25) is 14.5 Å². The molecule has 198 valence electrons. The Kier molecular flexibility index (Phi) is 7.37. The Labute approximate surface area is 215 Å². The highest BCUT2D eigenvalue weighted by Crippen LogP contribution is 2.50. The lowest BCUT2D eigenvalue weighted by atomic mass is 9.68. The van der Waals surface area contributed by atoms with Gasteiger partial charge in [0.2, 0.25) is 11.8 Å². The minimum Gasteiger partial charge on any atom is -0.368 e. The zero-order chi connectivity index (χ0) is 26.1. The molecule has 1 aromatic carbocycles. The molecule has 4 amide bonds. The van der Waals surface area contributed by atoms with Crippen molar-refractivity contribution in [3.8, 4) is 0 Å². The smallest absolute Gasteiger partial charge is 0.320 e. The van der Waals surface area contributed by atoms with Crippen molar-refractivity contribution in [2.75, 3.05) is 40.3 Å². The molecule has 0 bridgehead atoms. The molecule has 0 radical (unpaired) electrons. The normalized spacial score (nSPS) is 27.0. The van der Waals surface area contributed by atoms with Crippen LogP contribution in [0, 0.1) is 11.3 Å². The lowest BCUT2D eigenvalue weighted by Crippen LogP contribution is -2.56. The highest BCUT2D eigenvalue weighted by Gasteiger charge is 2.55. The summed E-state index contributed by atoms with van der Waals surface area (Å²) in [6, 6.07) is 10.8. The van der Waals surface area contributed by atoms with Crippen LogP contribution in [0.4, 0.5) is 4.79 Å². The van der Waals surface area contributed by atoms with Gasteiger partial charge in [0.1, 0.15) is 0 Å². The number of carbonyl (C=O) groups excluding carboxylic acids is 3. The molecule has 2 saturated carbocycles. The van der Waals surface area contributed by atoms with Crippen molar-refractivity contribution in [1.29, 1.82) is 0 Å². The maximum atomic E-state index is 13.8. The molecule has 0 atom stereocenters. The number of nitrogens with two attached hydrogens (primary N) is 1. The van der Waals surface area contributed by atoms with Crippen LogP contribution in [0.15, 0.2) is 30.3 Å². The second-order valence-corrected chi connectivity index (χ2v) is 12.1. The van der Waals surface area contributed by atoms with E-state index in [2.05, 4.69) is 59.5 Å². The van der Waals surface area contributed by atoms with Crippen molar-refractivity contribution in [2.24, 2.45) is 17.1 Å². The van der Waals surface area contributed by atoms with Crippen molar-refractivity contribution < 1.29 is 14.4 Å². The first-order valence-electron chi connectivity index (χ1n) is 13.4. The predicted octanol–water partition coefficient (Wildman–Crippen LogP) is 2.92. The summed E-state index contributed by atoms with van der Waals surface area (Å²) >= 11 is 0. The molecular formula is C28H43N5O3. The van der Waals surface area contributed by atoms with Gasteiger partial charge in [-0.05, 0) is 77.9 Å². The van der Waals surface area contributed by atoms with Gasteiger partial charge in [0.25, 0.3) is 0 Å². The zero-order valence-corrected chi connectivity index (χ0v) is 22.4. The fourth-order valence-electron chi connectivity index (χ4n) is 6.47. The van der Waals surface area contributed by atoms with E-state index in [0.717, 1.165) is 32.2 Å². The molecule has 1 aromatic rings. The van der Waals surface area contributed by atoms with Gasteiger partial charge in [0, 0.05) is 25.2 Å². The third-order valence-corrected chi connectivity index (χ3v) is 9.02. The first-order chi connectivity index (χ1) is 17.0. The van der Waals surface area contributed by atoms with Crippen LogP contribution < -0.4 is 11.1 Å². The Balaban J connectivity index is 1.55. The van der Waals surface area contributed by atoms with Crippen LogP contribution in [0.2, 0.25) is 0 Å². The summed E-state index contributed by atoms with van der Waals surface area (Å²) in [5.41, 5.74) is 5.46. The van der Waals surface area contributed by atoms with Gasteiger partial charge >= 0.3 is 6.03 Å². The number of urea groups is 1. The van der Waals surface area contributed by atoms with E-state index in [4.69, 9.17) is 5.73 Å². The molecule has 3 N–H and O–H groups in total. The Morgan fingerprint density at radius 3 is 2.28 bits per heavy atom. The van der Waals surface area contributed by atoms with E-state index in [0.29, 0.717) is 19.0 Å². The van der Waals surface area contributed by atoms with Gasteiger partial charge in [-0.15, -0.1) is 0 Å². The number of hydrogen-bond acceptors (Lipinski definition) is 4. The summed E-state index contributed by atoms with van der Waals surface area (Å²) in [6.45, 7) is 5.22. The second-order valence-electron chi connectivity index (χ2n) is 12.1. The summed E-state index contributed by atoms with van der Waals surface area (Å²) in [7, 11) is 4.33. The standard InChI is InChI=1S/C28H43N5O3/c1-26(2,24(35)30-17-23(29)34)19-32-20-27(33(25(32)36)18-21-9-8-10-21)13-15-28(16-14-27,31(3)4)22-11-6-5-7-12-22/h5-7,11-12,21H,8-10,13-20H2,1-4H3,(H2,29,34)(H,30,35). The third kappa shape index (κ3) is 4.97. The van der Waals surface area contributed by atoms with E-state index in [-0.39, 0.29) is 29.6 Å². The fraction of sp³-hybridized carbons (Fsp3) is 0.679. The predicted molar refractivity (Wildman–Crippen MR) is 140 cm³/mol. The molecule has 1 aliphatic heterocycles. The first-order valence-corrected chi connectivity index (χ1v) is 13.4. The largest absolute Gasteiger partial charge is 0.368 e. The number of benzene rings is 1. The minimum absolute atomic E-state index is 0.0426. The second kappa shape index (κ2) is 10.0. The Morgan fingerprint density at radius 1 is 1.11 bits per heavy atom. The number of primary amides is 1. The molecule has 8 heteroatoms. The summed E-state index contributed by atoms with van der Waals surface area (Å²) < 4.78 is 0. The van der Waals surface area contributed by atoms with Crippen LogP contribution >= 0.6 is 0 Å². The third-order valence-electron chi connectivity index (χ3n) is 9.02. The molecule has 8 nitrogen and oxygen atoms in total. The Morgan fingerprint density at radius 2 is 1.75 bits per heavy atom. The number of hydrogen-bond donors (Lipinski definition) is 2. The maximum Gasteiger partial charge on any atom is 0.320 e. The van der Waals surface area contributed by atoms with Crippen molar-refractivity contribution in [3.05, 3.63) is 35.9 Å². The number of nitrogens with one attached hydrogen (secondary N) is 1. The molecule has 36 heavy (non-hydrogen) atoms. The molecule has 0 unspecified atom stereocenters. The molecule has 1 saturated heterocycles. The molecule has 3 aliphatic rings. The lowest BCUT2D eigenvalue weighted by Gasteiger charge is -2.51. The average molecular weight is 498 g/mol. The molecular weight excluding hydrogens is 454 g/mol. The SMILES string of the molecule is CN(C)C1(c2ccccc2)CCC2(CC1)CN(CC(C)(C)C(=O)NCC(N)=O)C(=O)N2CC1CCC1. The zero-order valence-electron chi connectivity index (χ0n) is 22.4. The Hall–Kier alpha value is -2.61. The number of amides is 4. The summed E-state index contributed by atoms with van der Waals surface area (Å²) in [4.78, 5) is 44.2. The maximum absolute atomic E-state index is 13.8. The van der Waals surface area contributed by atoms with Crippen LogP contribution in [0.5, 0.6) is 0 Å². The minimum atomic E-state index is -0.828. The highest BCUT2D eigenvalue weighted by molar-refractivity contribution is 5.87. The molecule has 2 aliphatic carbocycles. The van der Waals surface area contributed by atoms with Gasteiger partial charge in [-0.25, -0.2) is 4.79 Å². The van der Waals surface area contributed by atoms with Gasteiger partial charge < -0.3 is 20.9 Å². The van der Waals surface area contributed by atoms with Crippen molar-refractivity contribution in [1.82, 2.24) is 20.0 Å². The van der Waals surface area contributed by atoms with Crippen molar-refractivity contribution in [3.63, 3.8) is 0 Å². The first kappa shape index (κ1) is 26.5. The van der Waals surface area contributed by atoms with E-state index in [1.165, 1.54) is 24.8 Å². The van der Waals surface area contributed by atoms with E-state index < -0.39 is 11.3 Å². The van der Waals surface area contributed by atoms with E-state index >= 15 is 0 Å². The van der Waals surface area contributed by atoms with Gasteiger partial charge in [0.15, 0.2) is 0 Å². The molecule has 1 heterocycles. The van der Waals surface area contributed by atoms with Crippen LogP contribution in [0.1, 0.15) is 64.4 Å². The van der Waals surface area contributed by atoms with Crippen LogP contribution in [-0.2, 0) is 15.1 Å². The summed E-state index contributed by atoms with van der Waals surface area (Å²) in [5, 5.41) is 2.61. The summed E-state index contributed by atoms with van der Waals surface area (Å²) in [5.74, 6) is -0.265. The topological polar surface area (TPSA) is 99.0 Å². The number of nitrogens with zero attached hydrogens (tertiary/aromatic N) is 3. The van der Waals surface area contributed by atoms with E-state index in [9.17, 15) is 14.4 Å². The van der Waals surface area contributed by atoms with E-state index in [1.54, 1.807) is 0 Å². The highest BCUT2D eigenvalue weighted by atomic mass is 16.2. The fourth-order valence-corrected chi connectivity index (χ4v) is 6.47. The Bertz CT molecular complexity index is 965. The average Bonchev–Trinajstić information content (AvgIpc) is 3.05. The van der Waals surface area contributed by atoms with Gasteiger partial charge in [0.05, 0.1) is 17.5 Å².